The van der Waals surface area contributed by atoms with Gasteiger partial charge in [0.1, 0.15) is 0 Å². The fraction of sp³-hybridized carbons (Fsp3) is 0.385. The van der Waals surface area contributed by atoms with E-state index < -0.39 is 0 Å². The Morgan fingerprint density at radius 2 is 1.94 bits per heavy atom. The third kappa shape index (κ3) is 4.04. The van der Waals surface area contributed by atoms with Crippen molar-refractivity contribution in [1.82, 2.24) is 4.90 Å². The van der Waals surface area contributed by atoms with Crippen LogP contribution in [0.4, 0.5) is 5.69 Å². The van der Waals surface area contributed by atoms with Crippen LogP contribution in [0.2, 0.25) is 5.02 Å². The van der Waals surface area contributed by atoms with Crippen molar-refractivity contribution in [2.24, 2.45) is 5.92 Å². The van der Waals surface area contributed by atoms with Crippen LogP contribution in [-0.2, 0) is 9.59 Å². The third-order valence-corrected chi connectivity index (χ3v) is 2.73. The summed E-state index contributed by atoms with van der Waals surface area (Å²) >= 11 is 5.92. The second kappa shape index (κ2) is 6.40. The number of hydrogen-bond donors (Lipinski definition) is 1. The summed E-state index contributed by atoms with van der Waals surface area (Å²) in [5.74, 6) is -0.452. The first kappa shape index (κ1) is 14.5. The number of likely N-dealkylation sites (N-methyl/N-ethyl adjacent to an activating group) is 1. The molecule has 0 atom stereocenters. The number of nitrogens with zero attached hydrogens (tertiary/aromatic N) is 1. The summed E-state index contributed by atoms with van der Waals surface area (Å²) in [5, 5.41) is 3.15. The molecule has 0 radical (unpaired) electrons. The Kier molecular flexibility index (Phi) is 5.16. The molecule has 0 aromatic heterocycles. The molecule has 1 aromatic carbocycles. The van der Waals surface area contributed by atoms with Gasteiger partial charge in [-0.3, -0.25) is 9.59 Å². The molecular weight excluding hydrogens is 252 g/mol. The standard InChI is InChI=1S/C13H17ClN2O2/c1-9(2)13(18)16(3)8-12(17)15-11-7-5-4-6-10(11)14/h4-7,9H,8H2,1-3H3,(H,15,17). The van der Waals surface area contributed by atoms with E-state index in [0.29, 0.717) is 10.7 Å². The van der Waals surface area contributed by atoms with E-state index in [4.69, 9.17) is 11.6 Å². The first-order chi connectivity index (χ1) is 8.41. The molecule has 0 spiro atoms. The summed E-state index contributed by atoms with van der Waals surface area (Å²) in [6.45, 7) is 3.61. The zero-order chi connectivity index (χ0) is 13.7. The van der Waals surface area contributed by atoms with Gasteiger partial charge < -0.3 is 10.2 Å². The van der Waals surface area contributed by atoms with E-state index in [1.807, 2.05) is 0 Å². The minimum Gasteiger partial charge on any atom is -0.336 e. The van der Waals surface area contributed by atoms with Gasteiger partial charge in [-0.15, -0.1) is 0 Å². The van der Waals surface area contributed by atoms with E-state index in [-0.39, 0.29) is 24.3 Å². The number of benzene rings is 1. The van der Waals surface area contributed by atoms with Gasteiger partial charge in [-0.2, -0.15) is 0 Å². The average Bonchev–Trinajstić information content (AvgIpc) is 2.30. The molecule has 0 aliphatic heterocycles. The van der Waals surface area contributed by atoms with Crippen LogP contribution in [0.5, 0.6) is 0 Å². The van der Waals surface area contributed by atoms with Crippen molar-refractivity contribution in [3.05, 3.63) is 29.3 Å². The molecule has 2 amide bonds. The van der Waals surface area contributed by atoms with Gasteiger partial charge in [0.2, 0.25) is 11.8 Å². The molecule has 0 unspecified atom stereocenters. The number of carbonyl (C=O) groups excluding carboxylic acids is 2. The normalized spacial score (nSPS) is 10.3. The predicted octanol–water partition coefficient (Wildman–Crippen LogP) is 2.39. The van der Waals surface area contributed by atoms with Crippen LogP contribution in [0.1, 0.15) is 13.8 Å². The summed E-state index contributed by atoms with van der Waals surface area (Å²) in [6.07, 6.45) is 0. The molecule has 1 N–H and O–H groups in total. The summed E-state index contributed by atoms with van der Waals surface area (Å²) < 4.78 is 0. The Bertz CT molecular complexity index is 446. The highest BCUT2D eigenvalue weighted by molar-refractivity contribution is 6.33. The molecule has 0 saturated heterocycles. The zero-order valence-electron chi connectivity index (χ0n) is 10.7. The number of hydrogen-bond acceptors (Lipinski definition) is 2. The minimum atomic E-state index is -0.264. The summed E-state index contributed by atoms with van der Waals surface area (Å²) in [5.41, 5.74) is 0.551. The van der Waals surface area contributed by atoms with Crippen molar-refractivity contribution in [2.45, 2.75) is 13.8 Å². The molecule has 0 bridgehead atoms. The quantitative estimate of drug-likeness (QED) is 0.912. The first-order valence-corrected chi connectivity index (χ1v) is 6.09. The molecule has 4 nitrogen and oxygen atoms in total. The van der Waals surface area contributed by atoms with Gasteiger partial charge in [-0.05, 0) is 12.1 Å². The highest BCUT2D eigenvalue weighted by Gasteiger charge is 2.16. The number of halogens is 1. The molecule has 98 valence electrons. The van der Waals surface area contributed by atoms with E-state index in [1.165, 1.54) is 4.90 Å². The van der Waals surface area contributed by atoms with Gasteiger partial charge in [0, 0.05) is 13.0 Å². The van der Waals surface area contributed by atoms with E-state index in [2.05, 4.69) is 5.32 Å². The van der Waals surface area contributed by atoms with Gasteiger partial charge in [0.25, 0.3) is 0 Å². The lowest BCUT2D eigenvalue weighted by molar-refractivity contribution is -0.136. The Hall–Kier alpha value is -1.55. The summed E-state index contributed by atoms with van der Waals surface area (Å²) in [4.78, 5) is 24.8. The number of rotatable bonds is 4. The Morgan fingerprint density at radius 3 is 2.50 bits per heavy atom. The van der Waals surface area contributed by atoms with Crippen LogP contribution in [0.3, 0.4) is 0 Å². The van der Waals surface area contributed by atoms with Gasteiger partial charge in [-0.25, -0.2) is 0 Å². The van der Waals surface area contributed by atoms with Crippen LogP contribution in [0.25, 0.3) is 0 Å². The maximum Gasteiger partial charge on any atom is 0.244 e. The van der Waals surface area contributed by atoms with Crippen molar-refractivity contribution in [3.63, 3.8) is 0 Å². The van der Waals surface area contributed by atoms with Gasteiger partial charge >= 0.3 is 0 Å². The monoisotopic (exact) mass is 268 g/mol. The lowest BCUT2D eigenvalue weighted by Crippen LogP contribution is -2.37. The number of para-hydroxylation sites is 1. The van der Waals surface area contributed by atoms with Crippen molar-refractivity contribution in [1.29, 1.82) is 0 Å². The molecule has 18 heavy (non-hydrogen) atoms. The van der Waals surface area contributed by atoms with E-state index in [9.17, 15) is 9.59 Å². The molecule has 0 aliphatic rings. The first-order valence-electron chi connectivity index (χ1n) is 5.71. The molecule has 5 heteroatoms. The Balaban J connectivity index is 2.58. The molecule has 0 aliphatic carbocycles. The van der Waals surface area contributed by atoms with Crippen molar-refractivity contribution >= 4 is 29.1 Å². The number of anilines is 1. The third-order valence-electron chi connectivity index (χ3n) is 2.40. The van der Waals surface area contributed by atoms with Crippen LogP contribution < -0.4 is 5.32 Å². The average molecular weight is 269 g/mol. The summed E-state index contributed by atoms with van der Waals surface area (Å²) in [7, 11) is 1.61. The SMILES string of the molecule is CC(C)C(=O)N(C)CC(=O)Nc1ccccc1Cl. The van der Waals surface area contributed by atoms with Crippen molar-refractivity contribution in [3.8, 4) is 0 Å². The molecular formula is C13H17ClN2O2. The minimum absolute atomic E-state index is 0.0161. The van der Waals surface area contributed by atoms with Gasteiger partial charge in [0.15, 0.2) is 0 Å². The highest BCUT2D eigenvalue weighted by Crippen LogP contribution is 2.20. The maximum absolute atomic E-state index is 11.7. The number of nitrogens with one attached hydrogen (secondary N) is 1. The van der Waals surface area contributed by atoms with Gasteiger partial charge in [0.05, 0.1) is 17.3 Å². The lowest BCUT2D eigenvalue weighted by atomic mass is 10.2. The van der Waals surface area contributed by atoms with Gasteiger partial charge in [-0.1, -0.05) is 37.6 Å². The van der Waals surface area contributed by atoms with E-state index in [1.54, 1.807) is 45.2 Å². The highest BCUT2D eigenvalue weighted by atomic mass is 35.5. The number of carbonyl (C=O) groups is 2. The fourth-order valence-electron chi connectivity index (χ4n) is 1.49. The lowest BCUT2D eigenvalue weighted by Gasteiger charge is -2.19. The Morgan fingerprint density at radius 1 is 1.33 bits per heavy atom. The van der Waals surface area contributed by atoms with Crippen molar-refractivity contribution < 1.29 is 9.59 Å². The maximum atomic E-state index is 11.7. The van der Waals surface area contributed by atoms with Crippen LogP contribution in [0.15, 0.2) is 24.3 Å². The fourth-order valence-corrected chi connectivity index (χ4v) is 1.67. The van der Waals surface area contributed by atoms with Crippen LogP contribution in [0, 0.1) is 5.92 Å². The Labute approximate surface area is 112 Å². The number of amides is 2. The molecule has 0 fully saturated rings. The largest absolute Gasteiger partial charge is 0.336 e. The zero-order valence-corrected chi connectivity index (χ0v) is 11.5. The second-order valence-corrected chi connectivity index (χ2v) is 4.78. The predicted molar refractivity (Wildman–Crippen MR) is 72.6 cm³/mol. The summed E-state index contributed by atoms with van der Waals surface area (Å²) in [6, 6.07) is 6.97. The van der Waals surface area contributed by atoms with E-state index in [0.717, 1.165) is 0 Å². The van der Waals surface area contributed by atoms with Crippen LogP contribution in [-0.4, -0.2) is 30.3 Å². The smallest absolute Gasteiger partial charge is 0.244 e. The molecule has 1 rings (SSSR count). The molecule has 0 saturated carbocycles. The molecule has 1 aromatic rings. The van der Waals surface area contributed by atoms with Crippen LogP contribution >= 0.6 is 11.6 Å². The van der Waals surface area contributed by atoms with E-state index >= 15 is 0 Å². The van der Waals surface area contributed by atoms with Crippen molar-refractivity contribution in [2.75, 3.05) is 18.9 Å². The molecule has 0 heterocycles. The second-order valence-electron chi connectivity index (χ2n) is 4.38. The topological polar surface area (TPSA) is 49.4 Å².